The van der Waals surface area contributed by atoms with Gasteiger partial charge in [-0.05, 0) is 45.7 Å². The number of carbonyl (C=O) groups excluding carboxylic acids is 1. The van der Waals surface area contributed by atoms with E-state index in [9.17, 15) is 4.79 Å². The van der Waals surface area contributed by atoms with Gasteiger partial charge in [0.25, 0.3) is 5.91 Å². The average molecular weight is 250 g/mol. The highest BCUT2D eigenvalue weighted by Gasteiger charge is 2.22. The van der Waals surface area contributed by atoms with E-state index in [-0.39, 0.29) is 5.91 Å². The van der Waals surface area contributed by atoms with E-state index in [4.69, 9.17) is 0 Å². The summed E-state index contributed by atoms with van der Waals surface area (Å²) < 4.78 is 1.64. The zero-order valence-electron chi connectivity index (χ0n) is 11.4. The van der Waals surface area contributed by atoms with Gasteiger partial charge in [-0.1, -0.05) is 0 Å². The molecule has 0 saturated heterocycles. The van der Waals surface area contributed by atoms with Crippen LogP contribution in [0, 0.1) is 6.92 Å². The zero-order valence-corrected chi connectivity index (χ0v) is 11.4. The molecule has 0 unspecified atom stereocenters. The van der Waals surface area contributed by atoms with Crippen LogP contribution in [-0.4, -0.2) is 34.8 Å². The molecular formula is C13H22N4O. The fraction of sp³-hybridized carbons (Fsp3) is 0.692. The van der Waals surface area contributed by atoms with Gasteiger partial charge in [-0.25, -0.2) is 0 Å². The van der Waals surface area contributed by atoms with Crippen LogP contribution < -0.4 is 10.6 Å². The van der Waals surface area contributed by atoms with E-state index in [2.05, 4.69) is 15.7 Å². The first-order valence-electron chi connectivity index (χ1n) is 6.59. The van der Waals surface area contributed by atoms with Gasteiger partial charge in [0, 0.05) is 19.1 Å². The summed E-state index contributed by atoms with van der Waals surface area (Å²) in [6.45, 7) is 1.90. The maximum absolute atomic E-state index is 12.1. The van der Waals surface area contributed by atoms with Crippen LogP contribution in [0.15, 0.2) is 6.07 Å². The highest BCUT2D eigenvalue weighted by Crippen LogP contribution is 2.18. The Balaban J connectivity index is 1.90. The second-order valence-corrected chi connectivity index (χ2v) is 5.11. The summed E-state index contributed by atoms with van der Waals surface area (Å²) in [6, 6.07) is 2.74. The smallest absolute Gasteiger partial charge is 0.269 e. The zero-order chi connectivity index (χ0) is 13.1. The maximum Gasteiger partial charge on any atom is 0.269 e. The Bertz CT molecular complexity index is 419. The first kappa shape index (κ1) is 13.1. The molecule has 2 rings (SSSR count). The molecule has 1 aliphatic rings. The molecule has 5 heteroatoms. The van der Waals surface area contributed by atoms with E-state index < -0.39 is 0 Å². The van der Waals surface area contributed by atoms with Crippen LogP contribution in [0.3, 0.4) is 0 Å². The van der Waals surface area contributed by atoms with Crippen molar-refractivity contribution in [3.8, 4) is 0 Å². The molecule has 1 aromatic rings. The molecule has 1 aromatic heterocycles. The molecule has 18 heavy (non-hydrogen) atoms. The summed E-state index contributed by atoms with van der Waals surface area (Å²) in [5.74, 6) is -0.00833. The minimum Gasteiger partial charge on any atom is -0.348 e. The number of nitrogens with one attached hydrogen (secondary N) is 2. The van der Waals surface area contributed by atoms with Crippen molar-refractivity contribution in [1.82, 2.24) is 20.4 Å². The van der Waals surface area contributed by atoms with Crippen molar-refractivity contribution in [1.29, 1.82) is 0 Å². The van der Waals surface area contributed by atoms with Crippen molar-refractivity contribution < 1.29 is 4.79 Å². The minimum absolute atomic E-state index is 0.00833. The average Bonchev–Trinajstić information content (AvgIpc) is 2.69. The van der Waals surface area contributed by atoms with E-state index in [1.54, 1.807) is 11.7 Å². The molecule has 0 aromatic carbocycles. The molecule has 5 nitrogen and oxygen atoms in total. The predicted molar refractivity (Wildman–Crippen MR) is 70.5 cm³/mol. The maximum atomic E-state index is 12.1. The van der Waals surface area contributed by atoms with Gasteiger partial charge in [-0.2, -0.15) is 5.10 Å². The third kappa shape index (κ3) is 2.90. The Hall–Kier alpha value is -1.36. The largest absolute Gasteiger partial charge is 0.348 e. The Morgan fingerprint density at radius 2 is 1.94 bits per heavy atom. The quantitative estimate of drug-likeness (QED) is 0.841. The number of rotatable bonds is 3. The van der Waals surface area contributed by atoms with Crippen LogP contribution in [-0.2, 0) is 7.05 Å². The lowest BCUT2D eigenvalue weighted by Crippen LogP contribution is -2.41. The predicted octanol–water partition coefficient (Wildman–Crippen LogP) is 0.989. The fourth-order valence-corrected chi connectivity index (χ4v) is 2.61. The number of aryl methyl sites for hydroxylation is 2. The van der Waals surface area contributed by atoms with Crippen LogP contribution in [0.2, 0.25) is 0 Å². The molecule has 0 spiro atoms. The molecule has 0 radical (unpaired) electrons. The molecule has 100 valence electrons. The fourth-order valence-electron chi connectivity index (χ4n) is 2.61. The second-order valence-electron chi connectivity index (χ2n) is 5.11. The Morgan fingerprint density at radius 3 is 2.44 bits per heavy atom. The molecule has 1 saturated carbocycles. The molecule has 2 N–H and O–H groups in total. The highest BCUT2D eigenvalue weighted by molar-refractivity contribution is 5.92. The van der Waals surface area contributed by atoms with Gasteiger partial charge in [0.05, 0.1) is 5.69 Å². The highest BCUT2D eigenvalue weighted by atomic mass is 16.2. The summed E-state index contributed by atoms with van der Waals surface area (Å²) >= 11 is 0. The molecule has 1 amide bonds. The SMILES string of the molecule is CNC1CCC(NC(=O)c2cc(C)nn2C)CC1. The van der Waals surface area contributed by atoms with Gasteiger partial charge < -0.3 is 10.6 Å². The van der Waals surface area contributed by atoms with Crippen molar-refractivity contribution in [2.45, 2.75) is 44.7 Å². The molecule has 0 aliphatic heterocycles. The Morgan fingerprint density at radius 1 is 1.33 bits per heavy atom. The van der Waals surface area contributed by atoms with Crippen LogP contribution in [0.4, 0.5) is 0 Å². The number of carbonyl (C=O) groups is 1. The van der Waals surface area contributed by atoms with Crippen molar-refractivity contribution in [3.05, 3.63) is 17.5 Å². The summed E-state index contributed by atoms with van der Waals surface area (Å²) in [5, 5.41) is 10.6. The van der Waals surface area contributed by atoms with Crippen molar-refractivity contribution in [2.75, 3.05) is 7.05 Å². The van der Waals surface area contributed by atoms with E-state index in [1.165, 1.54) is 0 Å². The van der Waals surface area contributed by atoms with Crippen LogP contribution in [0.5, 0.6) is 0 Å². The van der Waals surface area contributed by atoms with Crippen LogP contribution >= 0.6 is 0 Å². The molecule has 1 aliphatic carbocycles. The lowest BCUT2D eigenvalue weighted by Gasteiger charge is -2.28. The lowest BCUT2D eigenvalue weighted by atomic mass is 9.91. The molecule has 0 bridgehead atoms. The van der Waals surface area contributed by atoms with Crippen LogP contribution in [0.25, 0.3) is 0 Å². The number of nitrogens with zero attached hydrogens (tertiary/aromatic N) is 2. The van der Waals surface area contributed by atoms with Gasteiger partial charge in [0.15, 0.2) is 0 Å². The monoisotopic (exact) mass is 250 g/mol. The van der Waals surface area contributed by atoms with E-state index in [1.807, 2.05) is 20.0 Å². The van der Waals surface area contributed by atoms with Crippen molar-refractivity contribution in [3.63, 3.8) is 0 Å². The first-order chi connectivity index (χ1) is 8.60. The van der Waals surface area contributed by atoms with E-state index in [0.29, 0.717) is 17.8 Å². The summed E-state index contributed by atoms with van der Waals surface area (Å²) in [5.41, 5.74) is 1.52. The van der Waals surface area contributed by atoms with Gasteiger partial charge in [-0.3, -0.25) is 9.48 Å². The van der Waals surface area contributed by atoms with E-state index in [0.717, 1.165) is 31.4 Å². The first-order valence-corrected chi connectivity index (χ1v) is 6.59. The molecule has 0 atom stereocenters. The molecular weight excluding hydrogens is 228 g/mol. The van der Waals surface area contributed by atoms with E-state index >= 15 is 0 Å². The summed E-state index contributed by atoms with van der Waals surface area (Å²) in [4.78, 5) is 12.1. The van der Waals surface area contributed by atoms with Crippen molar-refractivity contribution in [2.24, 2.45) is 7.05 Å². The number of aromatic nitrogens is 2. The van der Waals surface area contributed by atoms with Gasteiger partial charge in [0.2, 0.25) is 0 Å². The third-order valence-electron chi connectivity index (χ3n) is 3.71. The van der Waals surface area contributed by atoms with Crippen LogP contribution in [0.1, 0.15) is 41.9 Å². The Labute approximate surface area is 108 Å². The Kier molecular flexibility index (Phi) is 4.01. The standard InChI is InChI=1S/C13H22N4O/c1-9-8-12(17(3)16-9)13(18)15-11-6-4-10(14-2)5-7-11/h8,10-11,14H,4-7H2,1-3H3,(H,15,18). The van der Waals surface area contributed by atoms with Gasteiger partial charge in [-0.15, -0.1) is 0 Å². The second kappa shape index (κ2) is 5.52. The molecule has 1 fully saturated rings. The number of amides is 1. The van der Waals surface area contributed by atoms with Gasteiger partial charge >= 0.3 is 0 Å². The third-order valence-corrected chi connectivity index (χ3v) is 3.71. The summed E-state index contributed by atoms with van der Waals surface area (Å²) in [6.07, 6.45) is 4.36. The number of hydrogen-bond acceptors (Lipinski definition) is 3. The lowest BCUT2D eigenvalue weighted by molar-refractivity contribution is 0.0915. The molecule has 1 heterocycles. The normalized spacial score (nSPS) is 23.9. The van der Waals surface area contributed by atoms with Crippen molar-refractivity contribution >= 4 is 5.91 Å². The minimum atomic E-state index is -0.00833. The topological polar surface area (TPSA) is 58.9 Å². The van der Waals surface area contributed by atoms with Gasteiger partial charge in [0.1, 0.15) is 5.69 Å². The summed E-state index contributed by atoms with van der Waals surface area (Å²) in [7, 11) is 3.81. The number of hydrogen-bond donors (Lipinski definition) is 2.